The van der Waals surface area contributed by atoms with Crippen LogP contribution in [0.2, 0.25) is 0 Å². The molecular formula is C12H24N2O3. The average molecular weight is 244 g/mol. The normalized spacial score (nSPS) is 23.9. The maximum atomic E-state index is 11.5. The molecule has 17 heavy (non-hydrogen) atoms. The predicted octanol–water partition coefficient (Wildman–Crippen LogP) is -0.110. The van der Waals surface area contributed by atoms with E-state index in [1.807, 2.05) is 0 Å². The summed E-state index contributed by atoms with van der Waals surface area (Å²) in [6, 6.07) is 0.296. The van der Waals surface area contributed by atoms with Gasteiger partial charge < -0.3 is 20.5 Å². The fourth-order valence-corrected chi connectivity index (χ4v) is 2.25. The van der Waals surface area contributed by atoms with Gasteiger partial charge in [-0.25, -0.2) is 0 Å². The number of methoxy groups -OCH3 is 1. The molecule has 0 aromatic rings. The zero-order valence-corrected chi connectivity index (χ0v) is 10.6. The minimum atomic E-state index is 0.0182. The molecule has 100 valence electrons. The highest BCUT2D eigenvalue weighted by Gasteiger charge is 2.26. The third-order valence-corrected chi connectivity index (χ3v) is 3.27. The molecule has 5 nitrogen and oxygen atoms in total. The first-order chi connectivity index (χ1) is 8.27. The van der Waals surface area contributed by atoms with E-state index in [9.17, 15) is 4.79 Å². The van der Waals surface area contributed by atoms with Crippen molar-refractivity contribution in [1.82, 2.24) is 10.6 Å². The Hall–Kier alpha value is -0.650. The van der Waals surface area contributed by atoms with Gasteiger partial charge in [0.2, 0.25) is 5.91 Å². The summed E-state index contributed by atoms with van der Waals surface area (Å²) in [7, 11) is 1.65. The van der Waals surface area contributed by atoms with Crippen molar-refractivity contribution in [1.29, 1.82) is 0 Å². The van der Waals surface area contributed by atoms with E-state index in [1.165, 1.54) is 0 Å². The van der Waals surface area contributed by atoms with Crippen LogP contribution in [0.25, 0.3) is 0 Å². The highest BCUT2D eigenvalue weighted by Crippen LogP contribution is 2.24. The molecule has 0 saturated heterocycles. The first kappa shape index (κ1) is 14.4. The first-order valence-electron chi connectivity index (χ1n) is 6.37. The van der Waals surface area contributed by atoms with Crippen LogP contribution >= 0.6 is 0 Å². The molecule has 0 aliphatic heterocycles. The number of hydrogen-bond acceptors (Lipinski definition) is 4. The summed E-state index contributed by atoms with van der Waals surface area (Å²) in [5.41, 5.74) is 0. The molecule has 3 N–H and O–H groups in total. The van der Waals surface area contributed by atoms with Crippen molar-refractivity contribution in [2.45, 2.75) is 31.7 Å². The second kappa shape index (κ2) is 8.44. The van der Waals surface area contributed by atoms with Crippen LogP contribution in [0, 0.1) is 5.92 Å². The highest BCUT2D eigenvalue weighted by atomic mass is 16.5. The molecule has 1 rings (SSSR count). The summed E-state index contributed by atoms with van der Waals surface area (Å²) >= 11 is 0. The topological polar surface area (TPSA) is 70.6 Å². The van der Waals surface area contributed by atoms with Gasteiger partial charge >= 0.3 is 0 Å². The Bertz CT molecular complexity index is 224. The van der Waals surface area contributed by atoms with Crippen LogP contribution in [0.4, 0.5) is 0 Å². The van der Waals surface area contributed by atoms with Gasteiger partial charge in [0.15, 0.2) is 0 Å². The van der Waals surface area contributed by atoms with Crippen LogP contribution in [-0.4, -0.2) is 50.5 Å². The van der Waals surface area contributed by atoms with Gasteiger partial charge in [0.1, 0.15) is 0 Å². The summed E-state index contributed by atoms with van der Waals surface area (Å²) < 4.78 is 4.90. The SMILES string of the molecule is COCCCNC(=O)CNC1CCCC1CO. The minimum Gasteiger partial charge on any atom is -0.396 e. The van der Waals surface area contributed by atoms with E-state index in [4.69, 9.17) is 9.84 Å². The summed E-state index contributed by atoms with van der Waals surface area (Å²) in [5.74, 6) is 0.334. The van der Waals surface area contributed by atoms with Gasteiger partial charge in [0.25, 0.3) is 0 Å². The number of amides is 1. The van der Waals surface area contributed by atoms with E-state index in [2.05, 4.69) is 10.6 Å². The summed E-state index contributed by atoms with van der Waals surface area (Å²) in [5, 5.41) is 15.2. The molecule has 1 aliphatic rings. The monoisotopic (exact) mass is 244 g/mol. The molecule has 2 atom stereocenters. The van der Waals surface area contributed by atoms with Gasteiger partial charge in [-0.3, -0.25) is 4.79 Å². The molecule has 2 unspecified atom stereocenters. The first-order valence-corrected chi connectivity index (χ1v) is 6.37. The molecule has 0 aromatic heterocycles. The fraction of sp³-hybridized carbons (Fsp3) is 0.917. The van der Waals surface area contributed by atoms with Gasteiger partial charge in [0, 0.05) is 32.9 Å². The van der Waals surface area contributed by atoms with Gasteiger partial charge in [-0.15, -0.1) is 0 Å². The number of aliphatic hydroxyl groups excluding tert-OH is 1. The van der Waals surface area contributed by atoms with E-state index in [0.29, 0.717) is 31.7 Å². The quantitative estimate of drug-likeness (QED) is 0.521. The van der Waals surface area contributed by atoms with Crippen molar-refractivity contribution >= 4 is 5.91 Å². The largest absolute Gasteiger partial charge is 0.396 e. The van der Waals surface area contributed by atoms with E-state index in [0.717, 1.165) is 25.7 Å². The number of carbonyl (C=O) groups excluding carboxylic acids is 1. The lowest BCUT2D eigenvalue weighted by Crippen LogP contribution is -2.41. The van der Waals surface area contributed by atoms with Crippen LogP contribution in [0.3, 0.4) is 0 Å². The van der Waals surface area contributed by atoms with Crippen LogP contribution in [0.15, 0.2) is 0 Å². The summed E-state index contributed by atoms with van der Waals surface area (Å²) in [6.45, 7) is 1.88. The van der Waals surface area contributed by atoms with E-state index in [1.54, 1.807) is 7.11 Å². The van der Waals surface area contributed by atoms with E-state index in [-0.39, 0.29) is 12.5 Å². The zero-order chi connectivity index (χ0) is 12.5. The number of carbonyl (C=O) groups is 1. The van der Waals surface area contributed by atoms with Crippen LogP contribution in [-0.2, 0) is 9.53 Å². The van der Waals surface area contributed by atoms with Crippen LogP contribution in [0.5, 0.6) is 0 Å². The molecular weight excluding hydrogens is 220 g/mol. The van der Waals surface area contributed by atoms with Crippen molar-refractivity contribution < 1.29 is 14.6 Å². The van der Waals surface area contributed by atoms with E-state index >= 15 is 0 Å². The van der Waals surface area contributed by atoms with Crippen molar-refractivity contribution in [3.05, 3.63) is 0 Å². The van der Waals surface area contributed by atoms with Gasteiger partial charge in [-0.1, -0.05) is 6.42 Å². The number of nitrogens with one attached hydrogen (secondary N) is 2. The zero-order valence-electron chi connectivity index (χ0n) is 10.6. The Morgan fingerprint density at radius 3 is 3.00 bits per heavy atom. The number of aliphatic hydroxyl groups is 1. The van der Waals surface area contributed by atoms with E-state index < -0.39 is 0 Å². The fourth-order valence-electron chi connectivity index (χ4n) is 2.25. The van der Waals surface area contributed by atoms with Crippen molar-refractivity contribution in [2.75, 3.05) is 33.4 Å². The second-order valence-corrected chi connectivity index (χ2v) is 4.56. The molecule has 0 spiro atoms. The van der Waals surface area contributed by atoms with Gasteiger partial charge in [-0.2, -0.15) is 0 Å². The lowest BCUT2D eigenvalue weighted by molar-refractivity contribution is -0.120. The Morgan fingerprint density at radius 1 is 1.47 bits per heavy atom. The third kappa shape index (κ3) is 5.48. The molecule has 1 saturated carbocycles. The molecule has 5 heteroatoms. The number of hydrogen-bond donors (Lipinski definition) is 3. The summed E-state index contributed by atoms with van der Waals surface area (Å²) in [4.78, 5) is 11.5. The molecule has 0 bridgehead atoms. The molecule has 1 amide bonds. The molecule has 1 fully saturated rings. The van der Waals surface area contributed by atoms with Crippen molar-refractivity contribution in [3.8, 4) is 0 Å². The third-order valence-electron chi connectivity index (χ3n) is 3.27. The number of ether oxygens (including phenoxy) is 1. The average Bonchev–Trinajstić information content (AvgIpc) is 2.79. The molecule has 0 heterocycles. The number of rotatable bonds is 8. The summed E-state index contributed by atoms with van der Waals surface area (Å²) in [6.07, 6.45) is 4.09. The Labute approximate surface area is 103 Å². The molecule has 0 aromatic carbocycles. The van der Waals surface area contributed by atoms with Crippen LogP contribution in [0.1, 0.15) is 25.7 Å². The highest BCUT2D eigenvalue weighted by molar-refractivity contribution is 5.77. The second-order valence-electron chi connectivity index (χ2n) is 4.56. The standard InChI is InChI=1S/C12H24N2O3/c1-17-7-3-6-13-12(16)8-14-11-5-2-4-10(11)9-15/h10-11,14-15H,2-9H2,1H3,(H,13,16). The van der Waals surface area contributed by atoms with Gasteiger partial charge in [-0.05, 0) is 25.2 Å². The Balaban J connectivity index is 2.06. The maximum absolute atomic E-state index is 11.5. The maximum Gasteiger partial charge on any atom is 0.233 e. The molecule has 0 radical (unpaired) electrons. The Morgan fingerprint density at radius 2 is 2.29 bits per heavy atom. The Kier molecular flexibility index (Phi) is 7.16. The van der Waals surface area contributed by atoms with Crippen molar-refractivity contribution in [2.24, 2.45) is 5.92 Å². The lowest BCUT2D eigenvalue weighted by atomic mass is 10.1. The van der Waals surface area contributed by atoms with Crippen LogP contribution < -0.4 is 10.6 Å². The minimum absolute atomic E-state index is 0.0182. The van der Waals surface area contributed by atoms with Gasteiger partial charge in [0.05, 0.1) is 6.54 Å². The predicted molar refractivity (Wildman–Crippen MR) is 65.7 cm³/mol. The molecule has 1 aliphatic carbocycles. The lowest BCUT2D eigenvalue weighted by Gasteiger charge is -2.18. The van der Waals surface area contributed by atoms with Crippen molar-refractivity contribution in [3.63, 3.8) is 0 Å². The smallest absolute Gasteiger partial charge is 0.233 e.